The van der Waals surface area contributed by atoms with Crippen LogP contribution < -0.4 is 0 Å². The molecular formula is C18H21NO3S3. The van der Waals surface area contributed by atoms with Crippen molar-refractivity contribution in [2.75, 3.05) is 11.5 Å². The molecule has 134 valence electrons. The van der Waals surface area contributed by atoms with Crippen LogP contribution in [0, 0.1) is 0 Å². The molecule has 1 aromatic carbocycles. The van der Waals surface area contributed by atoms with Gasteiger partial charge < -0.3 is 0 Å². The number of carbonyl (C=O) groups excluding carboxylic acids is 1. The highest BCUT2D eigenvalue weighted by atomic mass is 32.2. The topological polar surface area (TPSA) is 54.5 Å². The fourth-order valence-electron chi connectivity index (χ4n) is 3.00. The molecule has 25 heavy (non-hydrogen) atoms. The number of amides is 1. The van der Waals surface area contributed by atoms with E-state index >= 15 is 0 Å². The smallest absolute Gasteiger partial charge is 0.266 e. The summed E-state index contributed by atoms with van der Waals surface area (Å²) in [5.41, 5.74) is 2.25. The Morgan fingerprint density at radius 3 is 2.40 bits per heavy atom. The molecule has 0 unspecified atom stereocenters. The molecule has 1 atom stereocenters. The Kier molecular flexibility index (Phi) is 4.85. The second kappa shape index (κ2) is 6.52. The van der Waals surface area contributed by atoms with Crippen LogP contribution in [-0.4, -0.2) is 41.1 Å². The summed E-state index contributed by atoms with van der Waals surface area (Å²) in [4.78, 5) is 14.7. The van der Waals surface area contributed by atoms with E-state index in [1.807, 2.05) is 18.2 Å². The monoisotopic (exact) mass is 395 g/mol. The van der Waals surface area contributed by atoms with E-state index in [2.05, 4.69) is 32.9 Å². The molecular weight excluding hydrogens is 374 g/mol. The van der Waals surface area contributed by atoms with Gasteiger partial charge in [-0.05, 0) is 29.0 Å². The maximum atomic E-state index is 12.7. The molecule has 2 aliphatic heterocycles. The Balaban J connectivity index is 1.81. The Morgan fingerprint density at radius 2 is 1.88 bits per heavy atom. The maximum absolute atomic E-state index is 12.7. The van der Waals surface area contributed by atoms with Gasteiger partial charge in [-0.1, -0.05) is 69.0 Å². The van der Waals surface area contributed by atoms with E-state index in [1.54, 1.807) is 0 Å². The third-order valence-corrected chi connectivity index (χ3v) is 7.55. The van der Waals surface area contributed by atoms with Crippen LogP contribution in [0.3, 0.4) is 0 Å². The summed E-state index contributed by atoms with van der Waals surface area (Å²) in [6, 6.07) is 7.79. The second-order valence-electron chi connectivity index (χ2n) is 7.48. The average molecular weight is 396 g/mol. The summed E-state index contributed by atoms with van der Waals surface area (Å²) in [6.45, 7) is 6.47. The predicted molar refractivity (Wildman–Crippen MR) is 107 cm³/mol. The van der Waals surface area contributed by atoms with Crippen molar-refractivity contribution in [2.24, 2.45) is 0 Å². The second-order valence-corrected chi connectivity index (χ2v) is 11.4. The lowest BCUT2D eigenvalue weighted by Crippen LogP contribution is -2.39. The lowest BCUT2D eigenvalue weighted by molar-refractivity contribution is -0.123. The third-order valence-electron chi connectivity index (χ3n) is 4.47. The zero-order chi connectivity index (χ0) is 18.4. The van der Waals surface area contributed by atoms with Gasteiger partial charge in [0.1, 0.15) is 4.32 Å². The number of carbonyl (C=O) groups is 1. The summed E-state index contributed by atoms with van der Waals surface area (Å²) in [5, 5.41) is 0. The van der Waals surface area contributed by atoms with Crippen molar-refractivity contribution in [1.82, 2.24) is 4.90 Å². The molecule has 2 saturated heterocycles. The van der Waals surface area contributed by atoms with Crippen LogP contribution in [0.2, 0.25) is 0 Å². The van der Waals surface area contributed by atoms with Crippen molar-refractivity contribution < 1.29 is 13.2 Å². The fraction of sp³-hybridized carbons (Fsp3) is 0.444. The van der Waals surface area contributed by atoms with Crippen LogP contribution in [0.25, 0.3) is 6.08 Å². The molecule has 1 amide bonds. The number of thiocarbonyl (C=S) groups is 1. The van der Waals surface area contributed by atoms with Gasteiger partial charge in [0, 0.05) is 0 Å². The summed E-state index contributed by atoms with van der Waals surface area (Å²) in [5.74, 6) is -0.0494. The number of nitrogens with zero attached hydrogens (tertiary/aromatic N) is 1. The van der Waals surface area contributed by atoms with Gasteiger partial charge in [-0.2, -0.15) is 0 Å². The summed E-state index contributed by atoms with van der Waals surface area (Å²) in [6.07, 6.45) is 2.29. The molecule has 0 saturated carbocycles. The van der Waals surface area contributed by atoms with E-state index < -0.39 is 9.84 Å². The third kappa shape index (κ3) is 3.99. The van der Waals surface area contributed by atoms with Gasteiger partial charge in [-0.25, -0.2) is 8.42 Å². The highest BCUT2D eigenvalue weighted by Gasteiger charge is 2.42. The minimum absolute atomic E-state index is 0.00694. The number of hydrogen-bond donors (Lipinski definition) is 0. The molecule has 0 N–H and O–H groups in total. The number of sulfone groups is 1. The van der Waals surface area contributed by atoms with Crippen molar-refractivity contribution in [2.45, 2.75) is 38.6 Å². The minimum atomic E-state index is -3.06. The van der Waals surface area contributed by atoms with Crippen molar-refractivity contribution in [3.63, 3.8) is 0 Å². The van der Waals surface area contributed by atoms with Crippen molar-refractivity contribution in [3.8, 4) is 0 Å². The highest BCUT2D eigenvalue weighted by Crippen LogP contribution is 2.36. The van der Waals surface area contributed by atoms with Crippen LogP contribution in [0.4, 0.5) is 0 Å². The first-order valence-corrected chi connectivity index (χ1v) is 11.2. The number of thioether (sulfide) groups is 1. The van der Waals surface area contributed by atoms with Crippen LogP contribution in [0.1, 0.15) is 38.3 Å². The lowest BCUT2D eigenvalue weighted by atomic mass is 9.87. The standard InChI is InChI=1S/C18H21NO3S3/c1-18(2,3)13-6-4-12(5-7-13)10-15-16(20)19(17(23)24-15)14-8-9-25(21,22)11-14/h4-7,10,14H,8-9,11H2,1-3H3/b15-10-/t14-/m1/s1. The Bertz CT molecular complexity index is 849. The van der Waals surface area contributed by atoms with Gasteiger partial charge in [0.2, 0.25) is 0 Å². The van der Waals surface area contributed by atoms with E-state index in [4.69, 9.17) is 12.2 Å². The average Bonchev–Trinajstić information content (AvgIpc) is 2.98. The molecule has 1 aromatic rings. The van der Waals surface area contributed by atoms with Crippen molar-refractivity contribution in [1.29, 1.82) is 0 Å². The van der Waals surface area contributed by atoms with E-state index in [-0.39, 0.29) is 28.9 Å². The van der Waals surface area contributed by atoms with Gasteiger partial charge in [-0.15, -0.1) is 0 Å². The molecule has 4 nitrogen and oxygen atoms in total. The summed E-state index contributed by atoms with van der Waals surface area (Å²) >= 11 is 6.57. The van der Waals surface area contributed by atoms with Gasteiger partial charge in [0.15, 0.2) is 9.84 Å². The summed E-state index contributed by atoms with van der Waals surface area (Å²) in [7, 11) is -3.06. The Morgan fingerprint density at radius 1 is 1.24 bits per heavy atom. The molecule has 0 bridgehead atoms. The zero-order valence-electron chi connectivity index (χ0n) is 14.5. The van der Waals surface area contributed by atoms with Crippen LogP contribution in [0.15, 0.2) is 29.2 Å². The number of rotatable bonds is 2. The fourth-order valence-corrected chi connectivity index (χ4v) is 6.10. The molecule has 0 radical (unpaired) electrons. The maximum Gasteiger partial charge on any atom is 0.266 e. The molecule has 2 fully saturated rings. The van der Waals surface area contributed by atoms with Crippen LogP contribution in [-0.2, 0) is 20.0 Å². The largest absolute Gasteiger partial charge is 0.289 e. The first-order chi connectivity index (χ1) is 11.6. The molecule has 2 aliphatic rings. The molecule has 0 aliphatic carbocycles. The summed E-state index contributed by atoms with van der Waals surface area (Å²) < 4.78 is 23.8. The molecule has 7 heteroatoms. The normalized spacial score (nSPS) is 25.2. The van der Waals surface area contributed by atoms with Gasteiger partial charge in [0.05, 0.1) is 22.5 Å². The Hall–Kier alpha value is -1.18. The van der Waals surface area contributed by atoms with E-state index in [0.717, 1.165) is 5.56 Å². The number of hydrogen-bond acceptors (Lipinski definition) is 5. The SMILES string of the molecule is CC(C)(C)c1ccc(/C=C2\SC(=S)N([C@@H]3CCS(=O)(=O)C3)C2=O)cc1. The van der Waals surface area contributed by atoms with Crippen molar-refractivity contribution in [3.05, 3.63) is 40.3 Å². The predicted octanol–water partition coefficient (Wildman–Crippen LogP) is 3.37. The van der Waals surface area contributed by atoms with Crippen LogP contribution >= 0.6 is 24.0 Å². The molecule has 0 spiro atoms. The van der Waals surface area contributed by atoms with Crippen molar-refractivity contribution >= 4 is 50.1 Å². The minimum Gasteiger partial charge on any atom is -0.289 e. The van der Waals surface area contributed by atoms with E-state index in [0.29, 0.717) is 15.6 Å². The first kappa shape index (κ1) is 18.6. The van der Waals surface area contributed by atoms with E-state index in [9.17, 15) is 13.2 Å². The first-order valence-electron chi connectivity index (χ1n) is 8.15. The van der Waals surface area contributed by atoms with Gasteiger partial charge in [-0.3, -0.25) is 9.69 Å². The van der Waals surface area contributed by atoms with Gasteiger partial charge >= 0.3 is 0 Å². The van der Waals surface area contributed by atoms with Crippen LogP contribution in [0.5, 0.6) is 0 Å². The van der Waals surface area contributed by atoms with E-state index in [1.165, 1.54) is 22.2 Å². The zero-order valence-corrected chi connectivity index (χ0v) is 16.9. The number of benzene rings is 1. The Labute approximate surface area is 158 Å². The molecule has 3 rings (SSSR count). The lowest BCUT2D eigenvalue weighted by Gasteiger charge is -2.21. The van der Waals surface area contributed by atoms with Gasteiger partial charge in [0.25, 0.3) is 5.91 Å². The molecule has 2 heterocycles. The highest BCUT2D eigenvalue weighted by molar-refractivity contribution is 8.26. The quantitative estimate of drug-likeness (QED) is 0.568. The molecule has 0 aromatic heterocycles.